The third-order valence-corrected chi connectivity index (χ3v) is 3.10. The van der Waals surface area contributed by atoms with Gasteiger partial charge in [-0.05, 0) is 12.5 Å². The van der Waals surface area contributed by atoms with Crippen molar-refractivity contribution in [3.63, 3.8) is 0 Å². The van der Waals surface area contributed by atoms with Gasteiger partial charge in [-0.2, -0.15) is 0 Å². The van der Waals surface area contributed by atoms with Crippen LogP contribution in [0.4, 0.5) is 0 Å². The molecule has 0 N–H and O–H groups in total. The van der Waals surface area contributed by atoms with Crippen molar-refractivity contribution in [3.05, 3.63) is 35.9 Å². The Kier molecular flexibility index (Phi) is 4.92. The minimum absolute atomic E-state index is 0.0901. The van der Waals surface area contributed by atoms with Crippen LogP contribution in [0.3, 0.4) is 0 Å². The second-order valence-electron chi connectivity index (χ2n) is 4.70. The molecular formula is C15H18N2O4. The molecule has 6 heteroatoms. The second-order valence-corrected chi connectivity index (χ2v) is 4.70. The molecule has 0 radical (unpaired) electrons. The zero-order chi connectivity index (χ0) is 15.2. The van der Waals surface area contributed by atoms with Gasteiger partial charge in [0, 0.05) is 13.5 Å². The fourth-order valence-corrected chi connectivity index (χ4v) is 2.03. The van der Waals surface area contributed by atoms with E-state index in [1.807, 2.05) is 30.3 Å². The van der Waals surface area contributed by atoms with Crippen molar-refractivity contribution in [1.29, 1.82) is 0 Å². The van der Waals surface area contributed by atoms with Crippen molar-refractivity contribution < 1.29 is 19.2 Å². The van der Waals surface area contributed by atoms with Crippen LogP contribution in [0.5, 0.6) is 0 Å². The van der Waals surface area contributed by atoms with Crippen LogP contribution in [-0.2, 0) is 19.2 Å². The number of carbonyl (C=O) groups is 2. The molecule has 1 heterocycles. The van der Waals surface area contributed by atoms with Crippen LogP contribution < -0.4 is 0 Å². The van der Waals surface area contributed by atoms with E-state index in [-0.39, 0.29) is 12.5 Å². The minimum Gasteiger partial charge on any atom is -0.465 e. The van der Waals surface area contributed by atoms with E-state index >= 15 is 0 Å². The zero-order valence-corrected chi connectivity index (χ0v) is 12.1. The van der Waals surface area contributed by atoms with E-state index < -0.39 is 12.1 Å². The van der Waals surface area contributed by atoms with Crippen LogP contribution in [0, 0.1) is 0 Å². The minimum atomic E-state index is -0.681. The second kappa shape index (κ2) is 6.88. The third kappa shape index (κ3) is 3.81. The van der Waals surface area contributed by atoms with E-state index in [1.165, 1.54) is 4.90 Å². The van der Waals surface area contributed by atoms with Gasteiger partial charge in [-0.1, -0.05) is 35.5 Å². The number of rotatable bonds is 5. The molecular weight excluding hydrogens is 272 g/mol. The van der Waals surface area contributed by atoms with E-state index in [9.17, 15) is 9.59 Å². The van der Waals surface area contributed by atoms with Crippen LogP contribution in [0.25, 0.3) is 0 Å². The first-order valence-electron chi connectivity index (χ1n) is 6.80. The summed E-state index contributed by atoms with van der Waals surface area (Å²) in [6, 6.07) is 9.55. The smallest absolute Gasteiger partial charge is 0.325 e. The summed E-state index contributed by atoms with van der Waals surface area (Å²) in [5.41, 5.74) is 1.67. The highest BCUT2D eigenvalue weighted by Crippen LogP contribution is 2.18. The Labute approximate surface area is 123 Å². The number of oxime groups is 1. The highest BCUT2D eigenvalue weighted by atomic mass is 16.6. The normalized spacial score (nSPS) is 16.9. The van der Waals surface area contributed by atoms with Gasteiger partial charge in [0.05, 0.1) is 12.3 Å². The molecule has 1 unspecified atom stereocenters. The number of hydrogen-bond acceptors (Lipinski definition) is 5. The number of amides is 1. The Morgan fingerprint density at radius 1 is 1.38 bits per heavy atom. The summed E-state index contributed by atoms with van der Waals surface area (Å²) >= 11 is 0. The standard InChI is InChI=1S/C15H18N2O4/c1-3-20-14(18)10-17(2)15(19)13-9-12(16-21-13)11-7-5-4-6-8-11/h4-8,13H,3,9-10H2,1-2H3. The molecule has 0 spiro atoms. The lowest BCUT2D eigenvalue weighted by molar-refractivity contribution is -0.151. The molecule has 6 nitrogen and oxygen atoms in total. The van der Waals surface area contributed by atoms with Gasteiger partial charge in [0.15, 0.2) is 0 Å². The number of nitrogens with zero attached hydrogens (tertiary/aromatic N) is 2. The Balaban J connectivity index is 1.90. The number of carbonyl (C=O) groups excluding carboxylic acids is 2. The quantitative estimate of drug-likeness (QED) is 0.764. The summed E-state index contributed by atoms with van der Waals surface area (Å²) in [6.45, 7) is 1.93. The van der Waals surface area contributed by atoms with Crippen LogP contribution in [-0.4, -0.2) is 48.8 Å². The molecule has 0 saturated heterocycles. The first kappa shape index (κ1) is 15.0. The largest absolute Gasteiger partial charge is 0.465 e. The lowest BCUT2D eigenvalue weighted by Gasteiger charge is -2.18. The fourth-order valence-electron chi connectivity index (χ4n) is 2.03. The predicted octanol–water partition coefficient (Wildman–Crippen LogP) is 1.20. The van der Waals surface area contributed by atoms with Gasteiger partial charge in [-0.3, -0.25) is 9.59 Å². The van der Waals surface area contributed by atoms with E-state index in [2.05, 4.69) is 5.16 Å². The SMILES string of the molecule is CCOC(=O)CN(C)C(=O)C1CC(c2ccccc2)=NO1. The summed E-state index contributed by atoms with van der Waals surface area (Å²) < 4.78 is 4.81. The molecule has 0 aliphatic carbocycles. The molecule has 1 aliphatic rings. The maximum absolute atomic E-state index is 12.2. The molecule has 1 aliphatic heterocycles. The predicted molar refractivity (Wildman–Crippen MR) is 76.7 cm³/mol. The topological polar surface area (TPSA) is 68.2 Å². The molecule has 1 amide bonds. The average Bonchev–Trinajstić information content (AvgIpc) is 2.97. The molecule has 21 heavy (non-hydrogen) atoms. The van der Waals surface area contributed by atoms with Gasteiger partial charge in [0.2, 0.25) is 6.10 Å². The van der Waals surface area contributed by atoms with Gasteiger partial charge >= 0.3 is 5.97 Å². The Morgan fingerprint density at radius 2 is 2.10 bits per heavy atom. The lowest BCUT2D eigenvalue weighted by Crippen LogP contribution is -2.40. The molecule has 112 valence electrons. The maximum atomic E-state index is 12.2. The van der Waals surface area contributed by atoms with Crippen molar-refractivity contribution in [1.82, 2.24) is 4.90 Å². The Morgan fingerprint density at radius 3 is 2.76 bits per heavy atom. The first-order chi connectivity index (χ1) is 10.1. The summed E-state index contributed by atoms with van der Waals surface area (Å²) in [5, 5.41) is 3.96. The van der Waals surface area contributed by atoms with Crippen molar-refractivity contribution in [2.45, 2.75) is 19.4 Å². The molecule has 0 fully saturated rings. The Hall–Kier alpha value is -2.37. The van der Waals surface area contributed by atoms with Crippen LogP contribution in [0.1, 0.15) is 18.9 Å². The van der Waals surface area contributed by atoms with Gasteiger partial charge in [-0.15, -0.1) is 0 Å². The van der Waals surface area contributed by atoms with Crippen LogP contribution in [0.2, 0.25) is 0 Å². The molecule has 1 aromatic carbocycles. The van der Waals surface area contributed by atoms with Crippen molar-refractivity contribution in [2.24, 2.45) is 5.16 Å². The van der Waals surface area contributed by atoms with E-state index in [0.29, 0.717) is 13.0 Å². The fraction of sp³-hybridized carbons (Fsp3) is 0.400. The Bertz CT molecular complexity index is 542. The van der Waals surface area contributed by atoms with Crippen molar-refractivity contribution >= 4 is 17.6 Å². The maximum Gasteiger partial charge on any atom is 0.325 e. The van der Waals surface area contributed by atoms with Gasteiger partial charge in [-0.25, -0.2) is 0 Å². The molecule has 1 atom stereocenters. The summed E-state index contributed by atoms with van der Waals surface area (Å²) in [7, 11) is 1.54. The van der Waals surface area contributed by atoms with E-state index in [0.717, 1.165) is 11.3 Å². The van der Waals surface area contributed by atoms with Gasteiger partial charge < -0.3 is 14.5 Å². The number of esters is 1. The third-order valence-electron chi connectivity index (χ3n) is 3.10. The number of likely N-dealkylation sites (N-methyl/N-ethyl adjacent to an activating group) is 1. The van der Waals surface area contributed by atoms with E-state index in [4.69, 9.17) is 9.57 Å². The molecule has 0 saturated carbocycles. The average molecular weight is 290 g/mol. The summed E-state index contributed by atoms with van der Waals surface area (Å²) in [5.74, 6) is -0.715. The highest BCUT2D eigenvalue weighted by Gasteiger charge is 2.31. The molecule has 1 aromatic rings. The summed E-state index contributed by atoms with van der Waals surface area (Å²) in [4.78, 5) is 30.0. The van der Waals surface area contributed by atoms with Crippen LogP contribution in [0.15, 0.2) is 35.5 Å². The first-order valence-corrected chi connectivity index (χ1v) is 6.80. The van der Waals surface area contributed by atoms with Crippen LogP contribution >= 0.6 is 0 Å². The van der Waals surface area contributed by atoms with E-state index in [1.54, 1.807) is 14.0 Å². The van der Waals surface area contributed by atoms with Gasteiger partial charge in [0.1, 0.15) is 6.54 Å². The summed E-state index contributed by atoms with van der Waals surface area (Å²) in [6.07, 6.45) is -0.282. The lowest BCUT2D eigenvalue weighted by atomic mass is 10.0. The van der Waals surface area contributed by atoms with Crippen molar-refractivity contribution in [3.8, 4) is 0 Å². The van der Waals surface area contributed by atoms with Crippen molar-refractivity contribution in [2.75, 3.05) is 20.2 Å². The monoisotopic (exact) mass is 290 g/mol. The molecule has 0 aromatic heterocycles. The zero-order valence-electron chi connectivity index (χ0n) is 12.1. The molecule has 2 rings (SSSR count). The number of benzene rings is 1. The number of ether oxygens (including phenoxy) is 1. The number of hydrogen-bond donors (Lipinski definition) is 0. The van der Waals surface area contributed by atoms with Gasteiger partial charge in [0.25, 0.3) is 5.91 Å². The molecule has 0 bridgehead atoms. The highest BCUT2D eigenvalue weighted by molar-refractivity contribution is 6.04.